The molecule has 1 aliphatic carbocycles. The van der Waals surface area contributed by atoms with Gasteiger partial charge >= 0.3 is 5.97 Å². The second-order valence-corrected chi connectivity index (χ2v) is 3.49. The van der Waals surface area contributed by atoms with Crippen molar-refractivity contribution in [2.75, 3.05) is 0 Å². The van der Waals surface area contributed by atoms with Crippen LogP contribution in [0.1, 0.15) is 35.5 Å². The van der Waals surface area contributed by atoms with Crippen LogP contribution in [0.3, 0.4) is 0 Å². The van der Waals surface area contributed by atoms with Crippen LogP contribution in [0.5, 0.6) is 0 Å². The summed E-state index contributed by atoms with van der Waals surface area (Å²) in [6, 6.07) is 2.02. The Balaban J connectivity index is 1.86. The van der Waals surface area contributed by atoms with E-state index in [1.54, 1.807) is 0 Å². The van der Waals surface area contributed by atoms with Crippen molar-refractivity contribution < 1.29 is 14.4 Å². The van der Waals surface area contributed by atoms with Gasteiger partial charge in [0.2, 0.25) is 0 Å². The van der Waals surface area contributed by atoms with E-state index < -0.39 is 5.97 Å². The second-order valence-electron chi connectivity index (χ2n) is 3.49. The minimum atomic E-state index is -1.05. The Hall–Kier alpha value is -1.36. The Morgan fingerprint density at radius 1 is 1.71 bits per heavy atom. The van der Waals surface area contributed by atoms with Crippen LogP contribution in [0.25, 0.3) is 0 Å². The molecule has 1 heterocycles. The van der Waals surface area contributed by atoms with Crippen molar-refractivity contribution in [1.29, 1.82) is 0 Å². The predicted octanol–water partition coefficient (Wildman–Crippen LogP) is 1.01. The normalized spacial score (nSPS) is 16.6. The van der Waals surface area contributed by atoms with Gasteiger partial charge in [-0.2, -0.15) is 0 Å². The third kappa shape index (κ3) is 1.93. The van der Waals surface area contributed by atoms with Crippen LogP contribution < -0.4 is 5.32 Å². The molecule has 0 bridgehead atoms. The predicted molar refractivity (Wildman–Crippen MR) is 47.9 cm³/mol. The lowest BCUT2D eigenvalue weighted by Gasteiger charge is -2.25. The van der Waals surface area contributed by atoms with Crippen molar-refractivity contribution in [3.05, 3.63) is 17.5 Å². The van der Waals surface area contributed by atoms with E-state index in [1.165, 1.54) is 25.3 Å². The van der Waals surface area contributed by atoms with Gasteiger partial charge in [0, 0.05) is 12.1 Å². The maximum absolute atomic E-state index is 10.5. The van der Waals surface area contributed by atoms with Crippen LogP contribution in [-0.4, -0.2) is 22.3 Å². The number of aromatic nitrogens is 1. The molecule has 0 aliphatic heterocycles. The van der Waals surface area contributed by atoms with E-state index in [-0.39, 0.29) is 5.69 Å². The van der Waals surface area contributed by atoms with E-state index in [2.05, 4.69) is 10.5 Å². The number of rotatable bonds is 4. The van der Waals surface area contributed by atoms with Crippen molar-refractivity contribution in [1.82, 2.24) is 10.5 Å². The highest BCUT2D eigenvalue weighted by atomic mass is 16.5. The second kappa shape index (κ2) is 3.79. The summed E-state index contributed by atoms with van der Waals surface area (Å²) >= 11 is 0. The first-order valence-electron chi connectivity index (χ1n) is 4.68. The summed E-state index contributed by atoms with van der Waals surface area (Å²) in [5.41, 5.74) is -0.0320. The first-order chi connectivity index (χ1) is 6.75. The average molecular weight is 196 g/mol. The zero-order valence-corrected chi connectivity index (χ0v) is 7.69. The number of nitrogens with zero attached hydrogens (tertiary/aromatic N) is 1. The molecule has 2 N–H and O–H groups in total. The SMILES string of the molecule is O=C(O)c1cc(CNC2CCC2)on1. The molecule has 0 amide bonds. The van der Waals surface area contributed by atoms with Gasteiger partial charge in [-0.25, -0.2) is 4.79 Å². The van der Waals surface area contributed by atoms with Gasteiger partial charge < -0.3 is 14.9 Å². The van der Waals surface area contributed by atoms with Crippen molar-refractivity contribution in [3.8, 4) is 0 Å². The Morgan fingerprint density at radius 2 is 2.50 bits per heavy atom. The van der Waals surface area contributed by atoms with Crippen LogP contribution in [0.4, 0.5) is 0 Å². The lowest BCUT2D eigenvalue weighted by atomic mass is 9.93. The molecule has 0 unspecified atom stereocenters. The highest BCUT2D eigenvalue weighted by Gasteiger charge is 2.17. The molecule has 5 heteroatoms. The smallest absolute Gasteiger partial charge is 0.358 e. The highest BCUT2D eigenvalue weighted by molar-refractivity contribution is 5.85. The summed E-state index contributed by atoms with van der Waals surface area (Å²) < 4.78 is 4.85. The van der Waals surface area contributed by atoms with Crippen LogP contribution in [0, 0.1) is 0 Å². The Morgan fingerprint density at radius 3 is 3.00 bits per heavy atom. The molecule has 0 saturated heterocycles. The summed E-state index contributed by atoms with van der Waals surface area (Å²) in [5, 5.41) is 15.3. The van der Waals surface area contributed by atoms with Gasteiger partial charge in [-0.15, -0.1) is 0 Å². The van der Waals surface area contributed by atoms with Crippen molar-refractivity contribution >= 4 is 5.97 Å². The van der Waals surface area contributed by atoms with Crippen molar-refractivity contribution in [2.45, 2.75) is 31.8 Å². The number of carboxylic acid groups (broad SMARTS) is 1. The summed E-state index contributed by atoms with van der Waals surface area (Å²) in [5.74, 6) is -0.474. The van der Waals surface area contributed by atoms with Gasteiger partial charge in [-0.3, -0.25) is 0 Å². The number of aromatic carboxylic acids is 1. The molecule has 1 aromatic rings. The molecule has 5 nitrogen and oxygen atoms in total. The molecule has 76 valence electrons. The maximum Gasteiger partial charge on any atom is 0.358 e. The van der Waals surface area contributed by atoms with Gasteiger partial charge in [0.1, 0.15) is 0 Å². The summed E-state index contributed by atoms with van der Waals surface area (Å²) in [6.45, 7) is 0.560. The monoisotopic (exact) mass is 196 g/mol. The molecule has 0 aromatic carbocycles. The number of hydrogen-bond donors (Lipinski definition) is 2. The number of carbonyl (C=O) groups is 1. The summed E-state index contributed by atoms with van der Waals surface area (Å²) in [7, 11) is 0. The third-order valence-electron chi connectivity index (χ3n) is 2.45. The number of hydrogen-bond acceptors (Lipinski definition) is 4. The minimum Gasteiger partial charge on any atom is -0.476 e. The zero-order valence-electron chi connectivity index (χ0n) is 7.69. The lowest BCUT2D eigenvalue weighted by molar-refractivity contribution is 0.0685. The van der Waals surface area contributed by atoms with E-state index in [0.29, 0.717) is 18.3 Å². The minimum absolute atomic E-state index is 0.0320. The van der Waals surface area contributed by atoms with Crippen LogP contribution in [0.2, 0.25) is 0 Å². The van der Waals surface area contributed by atoms with Crippen molar-refractivity contribution in [2.24, 2.45) is 0 Å². The molecule has 1 saturated carbocycles. The molecule has 14 heavy (non-hydrogen) atoms. The standard InChI is InChI=1S/C9H12N2O3/c12-9(13)8-4-7(14-11-8)5-10-6-2-1-3-6/h4,6,10H,1-3,5H2,(H,12,13). The van der Waals surface area contributed by atoms with E-state index >= 15 is 0 Å². The van der Waals surface area contributed by atoms with Crippen LogP contribution >= 0.6 is 0 Å². The number of nitrogens with one attached hydrogen (secondary N) is 1. The lowest BCUT2D eigenvalue weighted by Crippen LogP contribution is -2.34. The molecule has 2 rings (SSSR count). The summed E-state index contributed by atoms with van der Waals surface area (Å²) in [4.78, 5) is 10.5. The van der Waals surface area contributed by atoms with E-state index in [4.69, 9.17) is 9.63 Å². The fourth-order valence-corrected chi connectivity index (χ4v) is 1.35. The Bertz CT molecular complexity index is 331. The van der Waals surface area contributed by atoms with Crippen LogP contribution in [-0.2, 0) is 6.54 Å². The van der Waals surface area contributed by atoms with Gasteiger partial charge in [0.15, 0.2) is 11.5 Å². The van der Waals surface area contributed by atoms with Crippen LogP contribution in [0.15, 0.2) is 10.6 Å². The first-order valence-corrected chi connectivity index (χ1v) is 4.68. The van der Waals surface area contributed by atoms with E-state index in [0.717, 1.165) is 0 Å². The van der Waals surface area contributed by atoms with E-state index in [9.17, 15) is 4.79 Å². The molecule has 1 aliphatic rings. The molecular formula is C9H12N2O3. The molecule has 1 aromatic heterocycles. The topological polar surface area (TPSA) is 75.4 Å². The first kappa shape index (κ1) is 9.21. The summed E-state index contributed by atoms with van der Waals surface area (Å²) in [6.07, 6.45) is 3.66. The molecule has 0 atom stereocenters. The Kier molecular flexibility index (Phi) is 2.49. The van der Waals surface area contributed by atoms with Gasteiger partial charge in [-0.05, 0) is 12.8 Å². The maximum atomic E-state index is 10.5. The molecular weight excluding hydrogens is 184 g/mol. The molecule has 1 fully saturated rings. The fourth-order valence-electron chi connectivity index (χ4n) is 1.35. The van der Waals surface area contributed by atoms with Crippen molar-refractivity contribution in [3.63, 3.8) is 0 Å². The average Bonchev–Trinajstić information content (AvgIpc) is 2.50. The fraction of sp³-hybridized carbons (Fsp3) is 0.556. The number of carboxylic acids is 1. The molecule has 0 radical (unpaired) electrons. The van der Waals surface area contributed by atoms with Gasteiger partial charge in [-0.1, -0.05) is 11.6 Å². The third-order valence-corrected chi connectivity index (χ3v) is 2.45. The van der Waals surface area contributed by atoms with Gasteiger partial charge in [0.05, 0.1) is 6.54 Å². The highest BCUT2D eigenvalue weighted by Crippen LogP contribution is 2.18. The van der Waals surface area contributed by atoms with E-state index in [1.807, 2.05) is 0 Å². The zero-order chi connectivity index (χ0) is 9.97. The Labute approximate surface area is 81.1 Å². The van der Waals surface area contributed by atoms with Gasteiger partial charge in [0.25, 0.3) is 0 Å². The molecule has 0 spiro atoms. The largest absolute Gasteiger partial charge is 0.476 e. The quantitative estimate of drug-likeness (QED) is 0.751.